The van der Waals surface area contributed by atoms with Crippen LogP contribution in [0.15, 0.2) is 0 Å². The average molecular weight is 716 g/mol. The Labute approximate surface area is 295 Å². The minimum atomic E-state index is -1.03. The van der Waals surface area contributed by atoms with E-state index in [1.54, 1.807) is 14.7 Å². The zero-order valence-corrected chi connectivity index (χ0v) is 30.1. The molecule has 1 saturated heterocycles. The SMILES string of the molecule is CC(C)CCC(=O)NCCN(C)CCNC(=O)[C@H](N)CCCNC(=O)CN1CCN(CC(=O)O)CCN(CC(=O)O)CCN(CC(=O)O)CC1. The standard InChI is InChI=1S/C32H61N9O9/c1-25(2)6-7-27(42)35-9-11-37(3)12-10-36-32(50)26(33)5-4-8-34-28(43)21-38-13-15-39(22-29(44)45)17-19-41(24-31(48)49)20-18-40(16-14-38)23-30(46)47/h25-26H,4-24,33H2,1-3H3,(H,34,43)(H,35,42)(H,36,50)(H,44,45)(H,46,47)(H,48,49)/t26-/m1/s1. The number of carboxylic acid groups (broad SMARTS) is 3. The first-order valence-corrected chi connectivity index (χ1v) is 17.4. The van der Waals surface area contributed by atoms with Crippen molar-refractivity contribution in [1.29, 1.82) is 0 Å². The van der Waals surface area contributed by atoms with Crippen LogP contribution < -0.4 is 21.7 Å². The second kappa shape index (κ2) is 25.5. The summed E-state index contributed by atoms with van der Waals surface area (Å²) in [7, 11) is 1.91. The molecule has 8 N–H and O–H groups in total. The summed E-state index contributed by atoms with van der Waals surface area (Å²) >= 11 is 0. The Bertz CT molecular complexity index is 1030. The Balaban J connectivity index is 2.51. The third-order valence-corrected chi connectivity index (χ3v) is 8.28. The van der Waals surface area contributed by atoms with Gasteiger partial charge in [-0.2, -0.15) is 0 Å². The fourth-order valence-corrected chi connectivity index (χ4v) is 5.23. The molecule has 0 radical (unpaired) electrons. The van der Waals surface area contributed by atoms with Crippen LogP contribution in [0, 0.1) is 5.92 Å². The van der Waals surface area contributed by atoms with Crippen molar-refractivity contribution in [1.82, 2.24) is 40.4 Å². The predicted molar refractivity (Wildman–Crippen MR) is 186 cm³/mol. The van der Waals surface area contributed by atoms with E-state index in [-0.39, 0.29) is 57.0 Å². The number of nitrogens with zero attached hydrogens (tertiary/aromatic N) is 5. The first-order valence-electron chi connectivity index (χ1n) is 17.4. The summed E-state index contributed by atoms with van der Waals surface area (Å²) in [6.07, 6.45) is 2.20. The molecule has 1 heterocycles. The highest BCUT2D eigenvalue weighted by Crippen LogP contribution is 2.03. The lowest BCUT2D eigenvalue weighted by atomic mass is 10.1. The van der Waals surface area contributed by atoms with Crippen LogP contribution in [-0.4, -0.2) is 200 Å². The number of hydrogen-bond acceptors (Lipinski definition) is 12. The van der Waals surface area contributed by atoms with Gasteiger partial charge in [-0.05, 0) is 32.2 Å². The van der Waals surface area contributed by atoms with E-state index in [9.17, 15) is 44.1 Å². The largest absolute Gasteiger partial charge is 0.480 e. The number of carboxylic acids is 3. The van der Waals surface area contributed by atoms with Crippen LogP contribution in [0.5, 0.6) is 0 Å². The van der Waals surface area contributed by atoms with Gasteiger partial charge in [-0.15, -0.1) is 0 Å². The van der Waals surface area contributed by atoms with E-state index < -0.39 is 23.9 Å². The van der Waals surface area contributed by atoms with Crippen LogP contribution in [0.2, 0.25) is 0 Å². The molecule has 18 heteroatoms. The molecular weight excluding hydrogens is 654 g/mol. The number of likely N-dealkylation sites (N-methyl/N-ethyl adjacent to an activating group) is 1. The number of amides is 3. The highest BCUT2D eigenvalue weighted by molar-refractivity contribution is 5.81. The summed E-state index contributed by atoms with van der Waals surface area (Å²) in [6, 6.07) is -0.737. The van der Waals surface area contributed by atoms with Crippen molar-refractivity contribution in [3.8, 4) is 0 Å². The third kappa shape index (κ3) is 23.1. The number of nitrogens with one attached hydrogen (secondary N) is 3. The van der Waals surface area contributed by atoms with Crippen molar-refractivity contribution in [2.75, 3.05) is 118 Å². The summed E-state index contributed by atoms with van der Waals surface area (Å²) in [5.74, 6) is -3.10. The molecule has 0 aliphatic carbocycles. The average Bonchev–Trinajstić information content (AvgIpc) is 3.02. The molecule has 0 spiro atoms. The van der Waals surface area contributed by atoms with E-state index in [0.717, 1.165) is 6.42 Å². The summed E-state index contributed by atoms with van der Waals surface area (Å²) < 4.78 is 0. The van der Waals surface area contributed by atoms with Gasteiger partial charge in [0.1, 0.15) is 0 Å². The summed E-state index contributed by atoms with van der Waals surface area (Å²) in [6.45, 7) is 8.40. The quantitative estimate of drug-likeness (QED) is 0.0564. The predicted octanol–water partition coefficient (Wildman–Crippen LogP) is -2.71. The maximum absolute atomic E-state index is 12.8. The Hall–Kier alpha value is -3.42. The zero-order valence-electron chi connectivity index (χ0n) is 30.1. The number of hydrogen-bond donors (Lipinski definition) is 7. The second-order valence-corrected chi connectivity index (χ2v) is 13.3. The molecule has 50 heavy (non-hydrogen) atoms. The fraction of sp³-hybridized carbons (Fsp3) is 0.812. The Kier molecular flexibility index (Phi) is 22.8. The van der Waals surface area contributed by atoms with E-state index in [2.05, 4.69) is 29.8 Å². The minimum Gasteiger partial charge on any atom is -0.480 e. The van der Waals surface area contributed by atoms with Crippen LogP contribution in [0.1, 0.15) is 39.5 Å². The minimum absolute atomic E-state index is 0.00858. The summed E-state index contributed by atoms with van der Waals surface area (Å²) in [5, 5.41) is 36.6. The number of carbonyl (C=O) groups excluding carboxylic acids is 3. The molecule has 0 aromatic carbocycles. The summed E-state index contributed by atoms with van der Waals surface area (Å²) in [4.78, 5) is 80.3. The molecule has 1 rings (SSSR count). The number of aliphatic carboxylic acids is 3. The van der Waals surface area contributed by atoms with Crippen molar-refractivity contribution in [2.24, 2.45) is 11.7 Å². The Morgan fingerprint density at radius 1 is 0.620 bits per heavy atom. The van der Waals surface area contributed by atoms with Gasteiger partial charge in [0.05, 0.1) is 32.2 Å². The van der Waals surface area contributed by atoms with Gasteiger partial charge in [0.2, 0.25) is 17.7 Å². The van der Waals surface area contributed by atoms with E-state index in [1.165, 1.54) is 0 Å². The van der Waals surface area contributed by atoms with Crippen molar-refractivity contribution < 1.29 is 44.1 Å². The molecule has 1 atom stereocenters. The number of carbonyl (C=O) groups is 6. The maximum atomic E-state index is 12.8. The van der Waals surface area contributed by atoms with Crippen molar-refractivity contribution >= 4 is 35.6 Å². The van der Waals surface area contributed by atoms with Gasteiger partial charge in [0.25, 0.3) is 0 Å². The van der Waals surface area contributed by atoms with E-state index in [1.807, 2.05) is 16.8 Å². The van der Waals surface area contributed by atoms with E-state index in [0.29, 0.717) is 97.2 Å². The monoisotopic (exact) mass is 715 g/mol. The van der Waals surface area contributed by atoms with Crippen LogP contribution in [0.4, 0.5) is 0 Å². The van der Waals surface area contributed by atoms with Crippen LogP contribution in [0.25, 0.3) is 0 Å². The molecule has 1 aliphatic heterocycles. The van der Waals surface area contributed by atoms with E-state index in [4.69, 9.17) is 5.73 Å². The van der Waals surface area contributed by atoms with Crippen molar-refractivity contribution in [3.63, 3.8) is 0 Å². The molecule has 0 aromatic heterocycles. The Morgan fingerprint density at radius 3 is 1.44 bits per heavy atom. The fourth-order valence-electron chi connectivity index (χ4n) is 5.23. The lowest BCUT2D eigenvalue weighted by Gasteiger charge is -2.32. The third-order valence-electron chi connectivity index (χ3n) is 8.28. The molecule has 0 unspecified atom stereocenters. The van der Waals surface area contributed by atoms with Crippen molar-refractivity contribution in [2.45, 2.75) is 45.6 Å². The van der Waals surface area contributed by atoms with Gasteiger partial charge >= 0.3 is 17.9 Å². The Morgan fingerprint density at radius 2 is 1.02 bits per heavy atom. The molecule has 288 valence electrons. The van der Waals surface area contributed by atoms with Crippen LogP contribution in [0.3, 0.4) is 0 Å². The topological polar surface area (TPSA) is 241 Å². The van der Waals surface area contributed by atoms with Gasteiger partial charge in [-0.3, -0.25) is 48.4 Å². The summed E-state index contributed by atoms with van der Waals surface area (Å²) in [5.41, 5.74) is 6.06. The normalized spacial score (nSPS) is 16.7. The highest BCUT2D eigenvalue weighted by atomic mass is 16.4. The highest BCUT2D eigenvalue weighted by Gasteiger charge is 2.21. The van der Waals surface area contributed by atoms with Gasteiger partial charge in [0.15, 0.2) is 0 Å². The van der Waals surface area contributed by atoms with Crippen LogP contribution in [-0.2, 0) is 28.8 Å². The molecule has 0 bridgehead atoms. The molecule has 0 saturated carbocycles. The van der Waals surface area contributed by atoms with Crippen LogP contribution >= 0.6 is 0 Å². The lowest BCUT2D eigenvalue weighted by Crippen LogP contribution is -2.49. The van der Waals surface area contributed by atoms with Crippen molar-refractivity contribution in [3.05, 3.63) is 0 Å². The smallest absolute Gasteiger partial charge is 0.317 e. The molecule has 1 fully saturated rings. The van der Waals surface area contributed by atoms with Gasteiger partial charge < -0.3 is 41.9 Å². The first-order chi connectivity index (χ1) is 23.6. The molecular formula is C32H61N9O9. The van der Waals surface area contributed by atoms with Gasteiger partial charge in [-0.25, -0.2) is 0 Å². The van der Waals surface area contributed by atoms with Gasteiger partial charge in [0, 0.05) is 91.5 Å². The molecule has 0 aromatic rings. The maximum Gasteiger partial charge on any atom is 0.317 e. The first kappa shape index (κ1) is 44.6. The molecule has 3 amide bonds. The van der Waals surface area contributed by atoms with E-state index >= 15 is 0 Å². The molecule has 1 aliphatic rings. The molecule has 18 nitrogen and oxygen atoms in total. The number of nitrogens with two attached hydrogens (primary N) is 1. The second-order valence-electron chi connectivity index (χ2n) is 13.3. The lowest BCUT2D eigenvalue weighted by molar-refractivity contribution is -0.140. The zero-order chi connectivity index (χ0) is 37.5. The van der Waals surface area contributed by atoms with Gasteiger partial charge in [-0.1, -0.05) is 13.8 Å². The number of rotatable bonds is 22.